The molecule has 3 rings (SSSR count). The molecule has 0 saturated carbocycles. The monoisotopic (exact) mass is 407 g/mol. The third-order valence-corrected chi connectivity index (χ3v) is 4.48. The first kappa shape index (κ1) is 21.1. The summed E-state index contributed by atoms with van der Waals surface area (Å²) in [6.45, 7) is 3.01. The van der Waals surface area contributed by atoms with Crippen molar-refractivity contribution in [1.82, 2.24) is 5.32 Å². The molecule has 148 valence electrons. The van der Waals surface area contributed by atoms with Crippen LogP contribution in [0, 0.1) is 12.7 Å². The standard InChI is InChI=1S/C10H9F4NO.C7H8O3S/c11-8-3-6(10(12,13)14)1-2-9(8)16-7-4-15-5-7;1-6-2-4-7(5-3-6)11(8,9)10/h1-3,7,15H,4-5H2;2-5H,1H3,(H,8,9,10). The van der Waals surface area contributed by atoms with Gasteiger partial charge in [-0.2, -0.15) is 21.6 Å². The van der Waals surface area contributed by atoms with Gasteiger partial charge in [-0.3, -0.25) is 4.55 Å². The summed E-state index contributed by atoms with van der Waals surface area (Å²) in [7, 11) is -4.02. The van der Waals surface area contributed by atoms with Gasteiger partial charge in [0, 0.05) is 13.1 Å². The Bertz CT molecular complexity index is 879. The van der Waals surface area contributed by atoms with E-state index >= 15 is 0 Å². The van der Waals surface area contributed by atoms with E-state index in [1.54, 1.807) is 12.1 Å². The van der Waals surface area contributed by atoms with Gasteiger partial charge in [-0.05, 0) is 37.3 Å². The quantitative estimate of drug-likeness (QED) is 0.602. The molecule has 10 heteroatoms. The molecule has 0 bridgehead atoms. The van der Waals surface area contributed by atoms with E-state index in [1.165, 1.54) is 12.1 Å². The molecular weight excluding hydrogens is 390 g/mol. The van der Waals surface area contributed by atoms with Crippen LogP contribution in [0.4, 0.5) is 17.6 Å². The van der Waals surface area contributed by atoms with Gasteiger partial charge in [0.1, 0.15) is 6.10 Å². The molecule has 1 aliphatic heterocycles. The first-order valence-corrected chi connectivity index (χ1v) is 9.19. The van der Waals surface area contributed by atoms with Crippen molar-refractivity contribution in [3.8, 4) is 5.75 Å². The van der Waals surface area contributed by atoms with E-state index in [-0.39, 0.29) is 16.7 Å². The van der Waals surface area contributed by atoms with Crippen LogP contribution < -0.4 is 10.1 Å². The highest BCUT2D eigenvalue weighted by Crippen LogP contribution is 2.32. The van der Waals surface area contributed by atoms with E-state index in [2.05, 4.69) is 5.32 Å². The summed E-state index contributed by atoms with van der Waals surface area (Å²) < 4.78 is 84.6. The van der Waals surface area contributed by atoms with Crippen molar-refractivity contribution in [1.29, 1.82) is 0 Å². The van der Waals surface area contributed by atoms with Crippen LogP contribution in [0.2, 0.25) is 0 Å². The van der Waals surface area contributed by atoms with Crippen molar-refractivity contribution in [3.05, 3.63) is 59.4 Å². The molecule has 1 heterocycles. The number of nitrogens with one attached hydrogen (secondary N) is 1. The molecule has 2 aromatic rings. The van der Waals surface area contributed by atoms with Crippen molar-refractivity contribution in [3.63, 3.8) is 0 Å². The summed E-state index contributed by atoms with van der Waals surface area (Å²) in [5.74, 6) is -1.12. The first-order valence-electron chi connectivity index (χ1n) is 7.75. The topological polar surface area (TPSA) is 75.6 Å². The van der Waals surface area contributed by atoms with Gasteiger partial charge < -0.3 is 10.1 Å². The molecule has 0 unspecified atom stereocenters. The Morgan fingerprint density at radius 2 is 1.70 bits per heavy atom. The minimum absolute atomic E-state index is 0.0666. The molecule has 1 saturated heterocycles. The molecule has 0 aliphatic carbocycles. The summed E-state index contributed by atoms with van der Waals surface area (Å²) in [5.41, 5.74) is -0.0542. The molecule has 0 radical (unpaired) electrons. The molecule has 2 aromatic carbocycles. The Balaban J connectivity index is 0.000000208. The lowest BCUT2D eigenvalue weighted by molar-refractivity contribution is -0.137. The van der Waals surface area contributed by atoms with Crippen LogP contribution in [0.15, 0.2) is 47.4 Å². The zero-order valence-corrected chi connectivity index (χ0v) is 14.9. The second-order valence-electron chi connectivity index (χ2n) is 5.83. The van der Waals surface area contributed by atoms with E-state index in [0.29, 0.717) is 19.2 Å². The second kappa shape index (κ2) is 8.24. The van der Waals surface area contributed by atoms with Crippen molar-refractivity contribution in [2.75, 3.05) is 13.1 Å². The van der Waals surface area contributed by atoms with Crippen molar-refractivity contribution in [2.45, 2.75) is 24.1 Å². The summed E-state index contributed by atoms with van der Waals surface area (Å²) in [6, 6.07) is 8.25. The van der Waals surface area contributed by atoms with Gasteiger partial charge in [0.15, 0.2) is 11.6 Å². The van der Waals surface area contributed by atoms with E-state index in [9.17, 15) is 26.0 Å². The molecule has 27 heavy (non-hydrogen) atoms. The third-order valence-electron chi connectivity index (χ3n) is 3.62. The summed E-state index contributed by atoms with van der Waals surface area (Å²) in [6.07, 6.45) is -4.69. The maximum Gasteiger partial charge on any atom is 0.416 e. The average Bonchev–Trinajstić information content (AvgIpc) is 2.51. The predicted octanol–water partition coefficient (Wildman–Crippen LogP) is 3.44. The van der Waals surface area contributed by atoms with Crippen LogP contribution in [0.1, 0.15) is 11.1 Å². The maximum absolute atomic E-state index is 13.3. The van der Waals surface area contributed by atoms with Gasteiger partial charge in [0.25, 0.3) is 10.1 Å². The van der Waals surface area contributed by atoms with Gasteiger partial charge in [0.05, 0.1) is 10.5 Å². The van der Waals surface area contributed by atoms with Crippen molar-refractivity contribution in [2.24, 2.45) is 0 Å². The second-order valence-corrected chi connectivity index (χ2v) is 7.25. The number of hydrogen-bond donors (Lipinski definition) is 2. The van der Waals surface area contributed by atoms with E-state index in [4.69, 9.17) is 9.29 Å². The van der Waals surface area contributed by atoms with Crippen LogP contribution in [-0.2, 0) is 16.3 Å². The smallest absolute Gasteiger partial charge is 0.416 e. The number of ether oxygens (including phenoxy) is 1. The Hall–Kier alpha value is -2.17. The fourth-order valence-corrected chi connectivity index (χ4v) is 2.49. The Labute approximate surface area is 153 Å². The van der Waals surface area contributed by atoms with Gasteiger partial charge >= 0.3 is 6.18 Å². The normalized spacial score (nSPS) is 14.7. The van der Waals surface area contributed by atoms with Gasteiger partial charge in [-0.15, -0.1) is 0 Å². The lowest BCUT2D eigenvalue weighted by atomic mass is 10.2. The van der Waals surface area contributed by atoms with E-state index in [1.807, 2.05) is 6.92 Å². The number of aryl methyl sites for hydroxylation is 1. The minimum atomic E-state index is -4.53. The fourth-order valence-electron chi connectivity index (χ4n) is 2.01. The molecule has 0 amide bonds. The summed E-state index contributed by atoms with van der Waals surface area (Å²) in [5, 5.41) is 2.91. The average molecular weight is 407 g/mol. The highest BCUT2D eigenvalue weighted by atomic mass is 32.2. The van der Waals surface area contributed by atoms with E-state index in [0.717, 1.165) is 17.7 Å². The molecule has 0 spiro atoms. The molecule has 0 atom stereocenters. The fraction of sp³-hybridized carbons (Fsp3) is 0.294. The number of alkyl halides is 3. The summed E-state index contributed by atoms with van der Waals surface area (Å²) >= 11 is 0. The lowest BCUT2D eigenvalue weighted by Gasteiger charge is -2.28. The molecule has 1 aliphatic rings. The Kier molecular flexibility index (Phi) is 6.45. The summed E-state index contributed by atoms with van der Waals surface area (Å²) in [4.78, 5) is -0.0666. The highest BCUT2D eigenvalue weighted by Gasteiger charge is 2.31. The number of hydrogen-bond acceptors (Lipinski definition) is 4. The highest BCUT2D eigenvalue weighted by molar-refractivity contribution is 7.85. The largest absolute Gasteiger partial charge is 0.485 e. The van der Waals surface area contributed by atoms with Gasteiger partial charge in [-0.1, -0.05) is 17.7 Å². The lowest BCUT2D eigenvalue weighted by Crippen LogP contribution is -2.50. The maximum atomic E-state index is 13.3. The number of rotatable bonds is 3. The van der Waals surface area contributed by atoms with Crippen molar-refractivity contribution >= 4 is 10.1 Å². The molecule has 0 aromatic heterocycles. The predicted molar refractivity (Wildman–Crippen MR) is 89.7 cm³/mol. The molecule has 2 N–H and O–H groups in total. The Morgan fingerprint density at radius 1 is 1.11 bits per heavy atom. The van der Waals surface area contributed by atoms with Crippen molar-refractivity contribution < 1.29 is 35.3 Å². The molecular formula is C17H17F4NO4S. The first-order chi connectivity index (χ1) is 12.5. The van der Waals surface area contributed by atoms with Crippen LogP contribution in [0.3, 0.4) is 0 Å². The van der Waals surface area contributed by atoms with Crippen LogP contribution >= 0.6 is 0 Å². The minimum Gasteiger partial charge on any atom is -0.485 e. The number of benzene rings is 2. The van der Waals surface area contributed by atoms with E-state index < -0.39 is 27.7 Å². The van der Waals surface area contributed by atoms with Gasteiger partial charge in [0.2, 0.25) is 0 Å². The van der Waals surface area contributed by atoms with Gasteiger partial charge in [-0.25, -0.2) is 4.39 Å². The van der Waals surface area contributed by atoms with Crippen LogP contribution in [0.25, 0.3) is 0 Å². The zero-order valence-electron chi connectivity index (χ0n) is 14.1. The number of halogens is 4. The van der Waals surface area contributed by atoms with Crippen LogP contribution in [0.5, 0.6) is 5.75 Å². The Morgan fingerprint density at radius 3 is 2.11 bits per heavy atom. The van der Waals surface area contributed by atoms with Crippen LogP contribution in [-0.4, -0.2) is 32.2 Å². The third kappa shape index (κ3) is 6.19. The zero-order chi connectivity index (χ0) is 20.2. The molecule has 5 nitrogen and oxygen atoms in total. The SMILES string of the molecule is Cc1ccc(S(=O)(=O)O)cc1.Fc1cc(C(F)(F)F)ccc1OC1CNC1. The molecule has 1 fully saturated rings.